The van der Waals surface area contributed by atoms with Crippen LogP contribution in [0.5, 0.6) is 0 Å². The number of allylic oxidation sites excluding steroid dienone is 5. The van der Waals surface area contributed by atoms with Gasteiger partial charge in [-0.2, -0.15) is 0 Å². The van der Waals surface area contributed by atoms with Gasteiger partial charge in [0.2, 0.25) is 0 Å². The Bertz CT molecular complexity index is 1220. The van der Waals surface area contributed by atoms with Crippen LogP contribution in [0.4, 0.5) is 0 Å². The van der Waals surface area contributed by atoms with Crippen molar-refractivity contribution in [3.8, 4) is 0 Å². The minimum atomic E-state index is 0.0682. The fourth-order valence-electron chi connectivity index (χ4n) is 13.8. The molecule has 0 radical (unpaired) electrons. The van der Waals surface area contributed by atoms with Gasteiger partial charge in [0.15, 0.2) is 0 Å². The smallest absolute Gasteiger partial charge is 0.306 e. The Hall–Kier alpha value is -1.31. The lowest BCUT2D eigenvalue weighted by molar-refractivity contribution is -0.183. The van der Waals surface area contributed by atoms with Crippen LogP contribution in [0.15, 0.2) is 36.5 Å². The van der Waals surface area contributed by atoms with Crippen molar-refractivity contribution in [2.45, 2.75) is 209 Å². The molecule has 2 nitrogen and oxygen atoms in total. The molecule has 0 aromatic rings. The van der Waals surface area contributed by atoms with E-state index in [0.717, 1.165) is 43.4 Å². The Morgan fingerprint density at radius 1 is 0.745 bits per heavy atom. The highest BCUT2D eigenvalue weighted by Crippen LogP contribution is 2.89. The van der Waals surface area contributed by atoms with E-state index in [1.165, 1.54) is 121 Å². The maximum Gasteiger partial charge on any atom is 0.306 e. The molecule has 5 saturated carbocycles. The average molecular weight is 703 g/mol. The van der Waals surface area contributed by atoms with Crippen molar-refractivity contribution in [2.75, 3.05) is 0 Å². The maximum absolute atomic E-state index is 13.2. The Morgan fingerprint density at radius 3 is 2.10 bits per heavy atom. The average Bonchev–Trinajstić information content (AvgIpc) is 3.67. The highest BCUT2D eigenvalue weighted by molar-refractivity contribution is 5.69. The van der Waals surface area contributed by atoms with Crippen molar-refractivity contribution in [3.63, 3.8) is 0 Å². The zero-order valence-electron chi connectivity index (χ0n) is 35.1. The molecule has 5 rings (SSSR count). The molecule has 5 aliphatic rings. The molecule has 10 atom stereocenters. The summed E-state index contributed by atoms with van der Waals surface area (Å²) in [6.45, 7) is 24.2. The number of fused-ring (bicyclic) bond motifs is 2. The van der Waals surface area contributed by atoms with Gasteiger partial charge in [-0.15, -0.1) is 0 Å². The molecule has 0 N–H and O–H groups in total. The van der Waals surface area contributed by atoms with Gasteiger partial charge in [0.05, 0.1) is 0 Å². The van der Waals surface area contributed by atoms with Crippen molar-refractivity contribution in [2.24, 2.45) is 56.7 Å². The number of carbonyl (C=O) groups excluding carboxylic acids is 1. The molecule has 290 valence electrons. The van der Waals surface area contributed by atoms with Gasteiger partial charge < -0.3 is 4.74 Å². The first kappa shape index (κ1) is 40.9. The predicted molar refractivity (Wildman–Crippen MR) is 218 cm³/mol. The van der Waals surface area contributed by atoms with Crippen LogP contribution in [-0.2, 0) is 9.53 Å². The molecule has 0 aromatic heterocycles. The van der Waals surface area contributed by atoms with Gasteiger partial charge in [-0.05, 0) is 167 Å². The van der Waals surface area contributed by atoms with Gasteiger partial charge in [0.25, 0.3) is 0 Å². The second kappa shape index (κ2) is 17.0. The maximum atomic E-state index is 13.2. The van der Waals surface area contributed by atoms with Crippen molar-refractivity contribution in [1.82, 2.24) is 0 Å². The molecule has 0 unspecified atom stereocenters. The summed E-state index contributed by atoms with van der Waals surface area (Å²) in [7, 11) is 0. The Labute approximate surface area is 316 Å². The molecular formula is C49H82O2. The van der Waals surface area contributed by atoms with E-state index < -0.39 is 0 Å². The fourth-order valence-corrected chi connectivity index (χ4v) is 13.8. The second-order valence-electron chi connectivity index (χ2n) is 20.3. The van der Waals surface area contributed by atoms with Crippen molar-refractivity contribution in [1.29, 1.82) is 0 Å². The van der Waals surface area contributed by atoms with Gasteiger partial charge in [-0.3, -0.25) is 4.79 Å². The highest BCUT2D eigenvalue weighted by Gasteiger charge is 2.82. The van der Waals surface area contributed by atoms with Crippen LogP contribution >= 0.6 is 0 Å². The number of hydrogen-bond acceptors (Lipinski definition) is 2. The van der Waals surface area contributed by atoms with Gasteiger partial charge in [-0.25, -0.2) is 0 Å². The third-order valence-electron chi connectivity index (χ3n) is 17.3. The van der Waals surface area contributed by atoms with Crippen LogP contribution in [0, 0.1) is 56.7 Å². The first-order valence-corrected chi connectivity index (χ1v) is 22.4. The van der Waals surface area contributed by atoms with Crippen molar-refractivity contribution >= 4 is 5.97 Å². The fraction of sp³-hybridized carbons (Fsp3) is 0.857. The van der Waals surface area contributed by atoms with Gasteiger partial charge in [-0.1, -0.05) is 117 Å². The lowest BCUT2D eigenvalue weighted by atomic mass is 9.41. The normalized spacial score (nSPS) is 37.7. The molecule has 51 heavy (non-hydrogen) atoms. The summed E-state index contributed by atoms with van der Waals surface area (Å²) < 4.78 is 6.41. The number of ether oxygens (including phenoxy) is 1. The van der Waals surface area contributed by atoms with E-state index in [1.54, 1.807) is 0 Å². The van der Waals surface area contributed by atoms with Crippen LogP contribution in [-0.4, -0.2) is 12.1 Å². The predicted octanol–water partition coefficient (Wildman–Crippen LogP) is 14.8. The van der Waals surface area contributed by atoms with Crippen LogP contribution < -0.4 is 0 Å². The molecule has 2 heteroatoms. The molecular weight excluding hydrogens is 621 g/mol. The summed E-state index contributed by atoms with van der Waals surface area (Å²) >= 11 is 0. The topological polar surface area (TPSA) is 26.3 Å². The van der Waals surface area contributed by atoms with Crippen LogP contribution in [0.3, 0.4) is 0 Å². The van der Waals surface area contributed by atoms with Crippen molar-refractivity contribution in [3.05, 3.63) is 36.5 Å². The molecule has 0 aromatic carbocycles. The van der Waals surface area contributed by atoms with Crippen molar-refractivity contribution < 1.29 is 9.53 Å². The third-order valence-corrected chi connectivity index (χ3v) is 17.3. The monoisotopic (exact) mass is 703 g/mol. The quantitative estimate of drug-likeness (QED) is 0.0717. The molecule has 0 amide bonds. The van der Waals surface area contributed by atoms with E-state index in [1.807, 2.05) is 0 Å². The lowest BCUT2D eigenvalue weighted by Crippen LogP contribution is -2.58. The first-order chi connectivity index (χ1) is 24.3. The minimum Gasteiger partial charge on any atom is -0.462 e. The number of hydrogen-bond donors (Lipinski definition) is 0. The molecule has 0 aliphatic heterocycles. The largest absolute Gasteiger partial charge is 0.462 e. The van der Waals surface area contributed by atoms with E-state index in [4.69, 9.17) is 4.74 Å². The van der Waals surface area contributed by atoms with E-state index in [0.29, 0.717) is 39.9 Å². The zero-order valence-corrected chi connectivity index (χ0v) is 35.1. The highest BCUT2D eigenvalue weighted by atomic mass is 16.5. The number of esters is 1. The summed E-state index contributed by atoms with van der Waals surface area (Å²) in [5.74, 6) is 3.99. The minimum absolute atomic E-state index is 0.0682. The van der Waals surface area contributed by atoms with Gasteiger partial charge in [0.1, 0.15) is 6.10 Å². The molecule has 2 spiro atoms. The van der Waals surface area contributed by atoms with E-state index in [-0.39, 0.29) is 17.5 Å². The number of carbonyl (C=O) groups is 1. The first-order valence-electron chi connectivity index (χ1n) is 22.4. The van der Waals surface area contributed by atoms with E-state index in [2.05, 4.69) is 86.3 Å². The molecule has 0 heterocycles. The van der Waals surface area contributed by atoms with Crippen LogP contribution in [0.2, 0.25) is 0 Å². The molecule has 5 fully saturated rings. The standard InChI is InChI=1S/C49H82O2/c1-10-11-12-13-14-15-16-17-18-19-20-21-22-23-24-25-44(50)51-43-31-33-48-36-49(48)35-34-46(8)40(39(5)27-26-38(4)37(2)3)30-32-47(46,9)42(49)29-28-41(48)45(43,6)7/h14-15,17-18,38-43H,2,10-13,16,19-36H2,1,3-9H3/b15-14-,18-17-/t38-,39+,40+,41-,42-,43-,46+,47-,48+,49-/m0/s1. The molecule has 0 bridgehead atoms. The summed E-state index contributed by atoms with van der Waals surface area (Å²) in [5, 5.41) is 0. The Balaban J connectivity index is 1.05. The van der Waals surface area contributed by atoms with Crippen LogP contribution in [0.25, 0.3) is 0 Å². The SMILES string of the molecule is C=C(C)[C@@H](C)CC[C@@H](C)[C@H]1CC[C@@]2(C)[C@@H]3CC[C@H]4C(C)(C)[C@@H](OC(=O)CCCCCCC/C=C\C/C=C\CCCCC)CC[C@@]45C[C@@]35CC[C@]12C. The lowest BCUT2D eigenvalue weighted by Gasteiger charge is -2.63. The number of unbranched alkanes of at least 4 members (excludes halogenated alkanes) is 8. The van der Waals surface area contributed by atoms with Crippen LogP contribution in [0.1, 0.15) is 203 Å². The zero-order chi connectivity index (χ0) is 36.9. The summed E-state index contributed by atoms with van der Waals surface area (Å²) in [5.41, 5.74) is 3.46. The Morgan fingerprint density at radius 2 is 1.39 bits per heavy atom. The molecule has 0 saturated heterocycles. The Kier molecular flexibility index (Phi) is 13.6. The van der Waals surface area contributed by atoms with E-state index >= 15 is 0 Å². The van der Waals surface area contributed by atoms with E-state index in [9.17, 15) is 4.79 Å². The van der Waals surface area contributed by atoms with Gasteiger partial charge >= 0.3 is 5.97 Å². The molecule has 5 aliphatic carbocycles. The summed E-state index contributed by atoms with van der Waals surface area (Å²) in [6.07, 6.45) is 38.4. The number of rotatable bonds is 20. The summed E-state index contributed by atoms with van der Waals surface area (Å²) in [4.78, 5) is 13.2. The summed E-state index contributed by atoms with van der Waals surface area (Å²) in [6, 6.07) is 0. The second-order valence-corrected chi connectivity index (χ2v) is 20.3. The van der Waals surface area contributed by atoms with Gasteiger partial charge in [0, 0.05) is 11.8 Å². The third kappa shape index (κ3) is 8.07.